The molecule has 2 unspecified atom stereocenters. The van der Waals surface area contributed by atoms with Crippen LogP contribution in [0.1, 0.15) is 28.8 Å². The first-order valence-corrected chi connectivity index (χ1v) is 6.43. The predicted octanol–water partition coefficient (Wildman–Crippen LogP) is 0.608. The van der Waals surface area contributed by atoms with E-state index >= 15 is 0 Å². The van der Waals surface area contributed by atoms with Gasteiger partial charge in [0.05, 0.1) is 0 Å². The van der Waals surface area contributed by atoms with E-state index in [2.05, 4.69) is 0 Å². The number of benzene rings is 1. The highest BCUT2D eigenvalue weighted by Crippen LogP contribution is 2.37. The monoisotopic (exact) mass is 257 g/mol. The Morgan fingerprint density at radius 2 is 1.82 bits per heavy atom. The predicted molar refractivity (Wildman–Crippen MR) is 58.0 cm³/mol. The molecule has 92 valence electrons. The standard InChI is InChI=1S/C10H11NO5S/c12-8-5-9(17(14,15)16)6-3-1-2-4-7(6)10(8)11-13/h1-4,9-11,13H,5H2,(H,14,15,16). The van der Waals surface area contributed by atoms with Crippen molar-refractivity contribution in [3.05, 3.63) is 35.4 Å². The summed E-state index contributed by atoms with van der Waals surface area (Å²) in [5.74, 6) is -0.478. The van der Waals surface area contributed by atoms with Crippen molar-refractivity contribution in [1.29, 1.82) is 0 Å². The molecule has 17 heavy (non-hydrogen) atoms. The first-order chi connectivity index (χ1) is 7.95. The number of hydrogen-bond donors (Lipinski definition) is 3. The summed E-state index contributed by atoms with van der Waals surface area (Å²) in [7, 11) is -4.33. The molecule has 6 nitrogen and oxygen atoms in total. The maximum atomic E-state index is 11.6. The number of hydrogen-bond acceptors (Lipinski definition) is 5. The van der Waals surface area contributed by atoms with Gasteiger partial charge in [0.1, 0.15) is 11.3 Å². The van der Waals surface area contributed by atoms with Gasteiger partial charge in [-0.3, -0.25) is 9.35 Å². The minimum Gasteiger partial charge on any atom is -0.316 e. The van der Waals surface area contributed by atoms with Crippen LogP contribution in [0, 0.1) is 0 Å². The Morgan fingerprint density at radius 3 is 2.35 bits per heavy atom. The number of carbonyl (C=O) groups excluding carboxylic acids is 1. The lowest BCUT2D eigenvalue weighted by molar-refractivity contribution is -0.124. The molecule has 0 saturated heterocycles. The van der Waals surface area contributed by atoms with E-state index in [9.17, 15) is 13.2 Å². The molecular formula is C10H11NO5S. The van der Waals surface area contributed by atoms with Crippen LogP contribution in [-0.2, 0) is 14.9 Å². The zero-order valence-electron chi connectivity index (χ0n) is 8.70. The lowest BCUT2D eigenvalue weighted by Gasteiger charge is -2.27. The third kappa shape index (κ3) is 2.09. The minimum absolute atomic E-state index is 0.334. The minimum atomic E-state index is -4.33. The van der Waals surface area contributed by atoms with Crippen molar-refractivity contribution in [2.75, 3.05) is 0 Å². The molecule has 2 atom stereocenters. The third-order valence-corrected chi connectivity index (χ3v) is 3.99. The molecule has 1 aliphatic rings. The van der Waals surface area contributed by atoms with Crippen LogP contribution in [0.25, 0.3) is 0 Å². The number of rotatable bonds is 2. The number of fused-ring (bicyclic) bond motifs is 1. The molecule has 1 aromatic rings. The van der Waals surface area contributed by atoms with E-state index in [1.165, 1.54) is 6.07 Å². The Morgan fingerprint density at radius 1 is 1.24 bits per heavy atom. The van der Waals surface area contributed by atoms with Gasteiger partial charge in [-0.15, -0.1) is 0 Å². The smallest absolute Gasteiger partial charge is 0.272 e. The number of ketones is 1. The number of hydroxylamine groups is 1. The second-order valence-electron chi connectivity index (χ2n) is 3.87. The van der Waals surface area contributed by atoms with Gasteiger partial charge in [0.2, 0.25) is 0 Å². The molecule has 1 aliphatic carbocycles. The molecule has 0 aromatic heterocycles. The third-order valence-electron chi connectivity index (χ3n) is 2.85. The van der Waals surface area contributed by atoms with Crippen molar-refractivity contribution in [2.45, 2.75) is 17.7 Å². The lowest BCUT2D eigenvalue weighted by atomic mass is 9.87. The summed E-state index contributed by atoms with van der Waals surface area (Å²) < 4.78 is 31.5. The average Bonchev–Trinajstić information content (AvgIpc) is 2.27. The van der Waals surface area contributed by atoms with Crippen molar-refractivity contribution in [3.8, 4) is 0 Å². The van der Waals surface area contributed by atoms with Gasteiger partial charge in [0, 0.05) is 6.42 Å². The summed E-state index contributed by atoms with van der Waals surface area (Å²) in [5.41, 5.74) is 2.56. The summed E-state index contributed by atoms with van der Waals surface area (Å²) >= 11 is 0. The molecule has 0 heterocycles. The Bertz CT molecular complexity index is 554. The second-order valence-corrected chi connectivity index (χ2v) is 5.46. The normalized spacial score (nSPS) is 24.5. The van der Waals surface area contributed by atoms with Gasteiger partial charge in [0.25, 0.3) is 10.1 Å². The average molecular weight is 257 g/mol. The van der Waals surface area contributed by atoms with Gasteiger partial charge >= 0.3 is 0 Å². The Hall–Kier alpha value is -1.28. The molecule has 7 heteroatoms. The highest BCUT2D eigenvalue weighted by Gasteiger charge is 2.39. The summed E-state index contributed by atoms with van der Waals surface area (Å²) in [6.07, 6.45) is -0.353. The van der Waals surface area contributed by atoms with Crippen LogP contribution in [0.2, 0.25) is 0 Å². The van der Waals surface area contributed by atoms with Crippen LogP contribution >= 0.6 is 0 Å². The molecule has 0 spiro atoms. The van der Waals surface area contributed by atoms with Gasteiger partial charge in [-0.2, -0.15) is 13.9 Å². The first-order valence-electron chi connectivity index (χ1n) is 4.92. The van der Waals surface area contributed by atoms with E-state index in [1.54, 1.807) is 18.2 Å². The van der Waals surface area contributed by atoms with Gasteiger partial charge in [0.15, 0.2) is 5.78 Å². The largest absolute Gasteiger partial charge is 0.316 e. The van der Waals surface area contributed by atoms with Crippen LogP contribution in [0.15, 0.2) is 24.3 Å². The van der Waals surface area contributed by atoms with Gasteiger partial charge < -0.3 is 5.21 Å². The van der Waals surface area contributed by atoms with Crippen molar-refractivity contribution < 1.29 is 23.0 Å². The SMILES string of the molecule is O=C1CC(S(=O)(=O)O)c2ccccc2C1NO. The highest BCUT2D eigenvalue weighted by molar-refractivity contribution is 7.86. The zero-order chi connectivity index (χ0) is 12.6. The van der Waals surface area contributed by atoms with Crippen LogP contribution in [-0.4, -0.2) is 24.0 Å². The van der Waals surface area contributed by atoms with E-state index in [0.29, 0.717) is 11.1 Å². The van der Waals surface area contributed by atoms with Gasteiger partial charge in [-0.25, -0.2) is 0 Å². The summed E-state index contributed by atoms with van der Waals surface area (Å²) in [6.45, 7) is 0. The fourth-order valence-electron chi connectivity index (χ4n) is 2.06. The summed E-state index contributed by atoms with van der Waals surface area (Å²) in [6, 6.07) is 5.36. The maximum Gasteiger partial charge on any atom is 0.272 e. The van der Waals surface area contributed by atoms with Crippen molar-refractivity contribution in [3.63, 3.8) is 0 Å². The van der Waals surface area contributed by atoms with Crippen molar-refractivity contribution >= 4 is 15.9 Å². The second kappa shape index (κ2) is 4.19. The molecule has 3 N–H and O–H groups in total. The van der Waals surface area contributed by atoms with E-state index < -0.39 is 27.2 Å². The molecule has 2 rings (SSSR count). The van der Waals surface area contributed by atoms with Crippen molar-refractivity contribution in [1.82, 2.24) is 5.48 Å². The molecule has 0 aliphatic heterocycles. The fourth-order valence-corrected chi connectivity index (χ4v) is 2.97. The van der Waals surface area contributed by atoms with Gasteiger partial charge in [-0.05, 0) is 11.1 Å². The zero-order valence-corrected chi connectivity index (χ0v) is 9.52. The topological polar surface area (TPSA) is 104 Å². The number of Topliss-reactive ketones (excluding diaryl/α,β-unsaturated/α-hetero) is 1. The van der Waals surface area contributed by atoms with Crippen LogP contribution in [0.4, 0.5) is 0 Å². The molecule has 0 bridgehead atoms. The molecule has 0 amide bonds. The van der Waals surface area contributed by atoms with E-state index in [1.807, 2.05) is 5.48 Å². The van der Waals surface area contributed by atoms with E-state index in [0.717, 1.165) is 0 Å². The first kappa shape index (κ1) is 12.2. The molecule has 0 saturated carbocycles. The Labute approximate surface area is 98.0 Å². The Kier molecular flexibility index (Phi) is 3.00. The fraction of sp³-hybridized carbons (Fsp3) is 0.300. The maximum absolute atomic E-state index is 11.6. The van der Waals surface area contributed by atoms with Crippen molar-refractivity contribution in [2.24, 2.45) is 0 Å². The molecule has 0 radical (unpaired) electrons. The molecule has 0 fully saturated rings. The number of carbonyl (C=O) groups is 1. The summed E-state index contributed by atoms with van der Waals surface area (Å²) in [5, 5.41) is 7.66. The lowest BCUT2D eigenvalue weighted by Crippen LogP contribution is -2.34. The van der Waals surface area contributed by atoms with Gasteiger partial charge in [-0.1, -0.05) is 24.3 Å². The molecule has 1 aromatic carbocycles. The van der Waals surface area contributed by atoms with Crippen LogP contribution in [0.3, 0.4) is 0 Å². The molecular weight excluding hydrogens is 246 g/mol. The van der Waals surface area contributed by atoms with Crippen LogP contribution in [0.5, 0.6) is 0 Å². The Balaban J connectivity index is 2.60. The van der Waals surface area contributed by atoms with E-state index in [4.69, 9.17) is 9.76 Å². The van der Waals surface area contributed by atoms with E-state index in [-0.39, 0.29) is 6.42 Å². The summed E-state index contributed by atoms with van der Waals surface area (Å²) in [4.78, 5) is 11.6. The van der Waals surface area contributed by atoms with Crippen LogP contribution < -0.4 is 5.48 Å². The number of nitrogens with one attached hydrogen (secondary N) is 1. The highest BCUT2D eigenvalue weighted by atomic mass is 32.2. The quantitative estimate of drug-likeness (QED) is 0.529.